The first-order valence-corrected chi connectivity index (χ1v) is 6.09. The van der Waals surface area contributed by atoms with Gasteiger partial charge >= 0.3 is 0 Å². The van der Waals surface area contributed by atoms with Crippen LogP contribution in [-0.4, -0.2) is 18.0 Å². The summed E-state index contributed by atoms with van der Waals surface area (Å²) >= 11 is 0. The van der Waals surface area contributed by atoms with Crippen LogP contribution < -0.4 is 0 Å². The lowest BCUT2D eigenvalue weighted by molar-refractivity contribution is -0.129. The summed E-state index contributed by atoms with van der Waals surface area (Å²) in [5.41, 5.74) is -0.441. The third kappa shape index (κ3) is 3.04. The van der Waals surface area contributed by atoms with Gasteiger partial charge in [-0.1, -0.05) is 34.1 Å². The van der Waals surface area contributed by atoms with E-state index in [1.165, 1.54) is 0 Å². The Labute approximate surface area is 93.4 Å². The second-order valence-corrected chi connectivity index (χ2v) is 5.51. The second kappa shape index (κ2) is 4.65. The van der Waals surface area contributed by atoms with E-state index < -0.39 is 5.60 Å². The van der Waals surface area contributed by atoms with Crippen LogP contribution in [0.15, 0.2) is 0 Å². The van der Waals surface area contributed by atoms with Gasteiger partial charge < -0.3 is 4.74 Å². The molecule has 1 saturated heterocycles. The SMILES string of the molecule is CCC(C)C(CC(C)C)C(=O)C1(C)CO1. The fourth-order valence-corrected chi connectivity index (χ4v) is 2.03. The first kappa shape index (κ1) is 12.7. The summed E-state index contributed by atoms with van der Waals surface area (Å²) in [5, 5.41) is 0. The van der Waals surface area contributed by atoms with Crippen molar-refractivity contribution in [3.63, 3.8) is 0 Å². The van der Waals surface area contributed by atoms with Crippen molar-refractivity contribution in [2.24, 2.45) is 17.8 Å². The van der Waals surface area contributed by atoms with Crippen molar-refractivity contribution in [2.75, 3.05) is 6.61 Å². The molecular formula is C13H24O2. The molecule has 3 atom stereocenters. The standard InChI is InChI=1S/C13H24O2/c1-6-10(4)11(7-9(2)3)12(14)13(5)8-15-13/h9-11H,6-8H2,1-5H3. The minimum atomic E-state index is -0.441. The Balaban J connectivity index is 2.67. The third-order valence-electron chi connectivity index (χ3n) is 3.49. The molecule has 3 unspecified atom stereocenters. The van der Waals surface area contributed by atoms with Gasteiger partial charge in [-0.25, -0.2) is 0 Å². The molecule has 1 fully saturated rings. The second-order valence-electron chi connectivity index (χ2n) is 5.51. The quantitative estimate of drug-likeness (QED) is 0.633. The van der Waals surface area contributed by atoms with Gasteiger partial charge in [-0.05, 0) is 25.2 Å². The maximum absolute atomic E-state index is 12.2. The van der Waals surface area contributed by atoms with E-state index in [1.54, 1.807) is 0 Å². The molecule has 1 rings (SSSR count). The highest BCUT2D eigenvalue weighted by molar-refractivity contribution is 5.91. The fourth-order valence-electron chi connectivity index (χ4n) is 2.03. The highest BCUT2D eigenvalue weighted by Crippen LogP contribution is 2.35. The van der Waals surface area contributed by atoms with Crippen molar-refractivity contribution in [3.8, 4) is 0 Å². The number of hydrogen-bond donors (Lipinski definition) is 0. The zero-order valence-electron chi connectivity index (χ0n) is 10.7. The number of ether oxygens (including phenoxy) is 1. The van der Waals surface area contributed by atoms with E-state index in [0.717, 1.165) is 12.8 Å². The van der Waals surface area contributed by atoms with Crippen molar-refractivity contribution in [3.05, 3.63) is 0 Å². The van der Waals surface area contributed by atoms with Crippen molar-refractivity contribution >= 4 is 5.78 Å². The van der Waals surface area contributed by atoms with E-state index in [1.807, 2.05) is 6.92 Å². The van der Waals surface area contributed by atoms with Crippen molar-refractivity contribution in [1.82, 2.24) is 0 Å². The van der Waals surface area contributed by atoms with Gasteiger partial charge in [-0.2, -0.15) is 0 Å². The summed E-state index contributed by atoms with van der Waals surface area (Å²) in [6.45, 7) is 11.2. The minimum absolute atomic E-state index is 0.183. The Morgan fingerprint density at radius 1 is 1.40 bits per heavy atom. The van der Waals surface area contributed by atoms with Crippen molar-refractivity contribution < 1.29 is 9.53 Å². The Hall–Kier alpha value is -0.370. The maximum Gasteiger partial charge on any atom is 0.170 e. The molecule has 0 aromatic heterocycles. The maximum atomic E-state index is 12.2. The zero-order valence-corrected chi connectivity index (χ0v) is 10.7. The topological polar surface area (TPSA) is 29.6 Å². The molecule has 0 aromatic rings. The van der Waals surface area contributed by atoms with Gasteiger partial charge in [0.05, 0.1) is 6.61 Å². The molecule has 2 heteroatoms. The molecule has 15 heavy (non-hydrogen) atoms. The number of carbonyl (C=O) groups excluding carboxylic acids is 1. The summed E-state index contributed by atoms with van der Waals surface area (Å²) in [6.07, 6.45) is 2.06. The Morgan fingerprint density at radius 3 is 2.27 bits per heavy atom. The van der Waals surface area contributed by atoms with Gasteiger partial charge in [-0.15, -0.1) is 0 Å². The summed E-state index contributed by atoms with van der Waals surface area (Å²) in [7, 11) is 0. The number of ketones is 1. The van der Waals surface area contributed by atoms with E-state index in [2.05, 4.69) is 27.7 Å². The molecule has 0 amide bonds. The van der Waals surface area contributed by atoms with Crippen LogP contribution in [0.2, 0.25) is 0 Å². The Morgan fingerprint density at radius 2 is 1.93 bits per heavy atom. The number of Topliss-reactive ketones (excluding diaryl/α,β-unsaturated/α-hetero) is 1. The summed E-state index contributed by atoms with van der Waals surface area (Å²) in [5.74, 6) is 1.56. The van der Waals surface area contributed by atoms with E-state index in [-0.39, 0.29) is 5.92 Å². The normalized spacial score (nSPS) is 28.9. The largest absolute Gasteiger partial charge is 0.362 e. The van der Waals surface area contributed by atoms with Gasteiger partial charge in [0.1, 0.15) is 5.60 Å². The van der Waals surface area contributed by atoms with Crippen LogP contribution in [0.5, 0.6) is 0 Å². The molecule has 0 radical (unpaired) electrons. The lowest BCUT2D eigenvalue weighted by Crippen LogP contribution is -2.33. The van der Waals surface area contributed by atoms with Crippen LogP contribution in [0.3, 0.4) is 0 Å². The number of rotatable bonds is 6. The predicted octanol–water partition coefficient (Wildman–Crippen LogP) is 3.05. The molecule has 2 nitrogen and oxygen atoms in total. The molecule has 1 aliphatic rings. The fraction of sp³-hybridized carbons (Fsp3) is 0.923. The molecule has 0 aromatic carbocycles. The van der Waals surface area contributed by atoms with Crippen LogP contribution >= 0.6 is 0 Å². The highest BCUT2D eigenvalue weighted by atomic mass is 16.6. The minimum Gasteiger partial charge on any atom is -0.362 e. The first-order chi connectivity index (χ1) is 6.90. The van der Waals surface area contributed by atoms with E-state index >= 15 is 0 Å². The third-order valence-corrected chi connectivity index (χ3v) is 3.49. The van der Waals surface area contributed by atoms with Gasteiger partial charge in [-0.3, -0.25) is 4.79 Å². The molecule has 0 aliphatic carbocycles. The number of epoxide rings is 1. The Bertz CT molecular complexity index is 229. The van der Waals surface area contributed by atoms with Gasteiger partial charge in [0, 0.05) is 5.92 Å². The molecule has 0 saturated carbocycles. The van der Waals surface area contributed by atoms with Crippen molar-refractivity contribution in [1.29, 1.82) is 0 Å². The van der Waals surface area contributed by atoms with Gasteiger partial charge in [0.15, 0.2) is 5.78 Å². The van der Waals surface area contributed by atoms with E-state index in [0.29, 0.717) is 24.2 Å². The molecule has 0 bridgehead atoms. The summed E-state index contributed by atoms with van der Waals surface area (Å²) in [4.78, 5) is 12.2. The van der Waals surface area contributed by atoms with Crippen LogP contribution in [0.25, 0.3) is 0 Å². The Kier molecular flexibility index (Phi) is 3.93. The highest BCUT2D eigenvalue weighted by Gasteiger charge is 2.50. The molecular weight excluding hydrogens is 188 g/mol. The van der Waals surface area contributed by atoms with Crippen LogP contribution in [0.1, 0.15) is 47.5 Å². The van der Waals surface area contributed by atoms with E-state index in [4.69, 9.17) is 4.74 Å². The zero-order chi connectivity index (χ0) is 11.6. The van der Waals surface area contributed by atoms with E-state index in [9.17, 15) is 4.79 Å². The lowest BCUT2D eigenvalue weighted by Gasteiger charge is -2.25. The molecule has 0 N–H and O–H groups in total. The van der Waals surface area contributed by atoms with Crippen molar-refractivity contribution in [2.45, 2.75) is 53.1 Å². The van der Waals surface area contributed by atoms with Gasteiger partial charge in [0.25, 0.3) is 0 Å². The smallest absolute Gasteiger partial charge is 0.170 e. The monoisotopic (exact) mass is 212 g/mol. The molecule has 1 aliphatic heterocycles. The molecule has 0 spiro atoms. The van der Waals surface area contributed by atoms with Crippen LogP contribution in [0, 0.1) is 17.8 Å². The first-order valence-electron chi connectivity index (χ1n) is 6.09. The molecule has 88 valence electrons. The summed E-state index contributed by atoms with van der Waals surface area (Å²) < 4.78 is 5.27. The number of hydrogen-bond acceptors (Lipinski definition) is 2. The van der Waals surface area contributed by atoms with Gasteiger partial charge in [0.2, 0.25) is 0 Å². The lowest BCUT2D eigenvalue weighted by atomic mass is 9.78. The summed E-state index contributed by atoms with van der Waals surface area (Å²) in [6, 6.07) is 0. The van der Waals surface area contributed by atoms with Crippen LogP contribution in [-0.2, 0) is 9.53 Å². The average Bonchev–Trinajstić information content (AvgIpc) is 2.91. The van der Waals surface area contributed by atoms with Crippen LogP contribution in [0.4, 0.5) is 0 Å². The average molecular weight is 212 g/mol. The number of carbonyl (C=O) groups is 1. The molecule has 1 heterocycles. The predicted molar refractivity (Wildman–Crippen MR) is 61.8 cm³/mol.